The number of benzene rings is 1. The molecule has 2 heterocycles. The Kier molecular flexibility index (Phi) is 5.27. The Balaban J connectivity index is 1.73. The van der Waals surface area contributed by atoms with Crippen LogP contribution in [-0.2, 0) is 0 Å². The average molecular weight is 347 g/mol. The summed E-state index contributed by atoms with van der Waals surface area (Å²) in [5, 5.41) is 9.62. The number of halogens is 1. The lowest BCUT2D eigenvalue weighted by molar-refractivity contribution is 0.0932. The Bertz CT molecular complexity index is 751. The van der Waals surface area contributed by atoms with E-state index in [1.165, 1.54) is 12.1 Å². The molecule has 1 atom stereocenters. The number of H-pyrrole nitrogens is 1. The van der Waals surface area contributed by atoms with Crippen molar-refractivity contribution in [2.24, 2.45) is 0 Å². The van der Waals surface area contributed by atoms with Crippen molar-refractivity contribution in [1.82, 2.24) is 20.4 Å². The molecule has 24 heavy (non-hydrogen) atoms. The lowest BCUT2D eigenvalue weighted by Crippen LogP contribution is -2.37. The van der Waals surface area contributed by atoms with Crippen molar-refractivity contribution in [2.75, 3.05) is 19.6 Å². The third-order valence-corrected chi connectivity index (χ3v) is 4.42. The van der Waals surface area contributed by atoms with Crippen LogP contribution in [0.3, 0.4) is 0 Å². The van der Waals surface area contributed by atoms with Crippen LogP contribution in [0.1, 0.15) is 34.9 Å². The van der Waals surface area contributed by atoms with Gasteiger partial charge in [0.1, 0.15) is 5.69 Å². The Morgan fingerprint density at radius 3 is 2.75 bits per heavy atom. The quantitative estimate of drug-likeness (QED) is 0.868. The second kappa shape index (κ2) is 7.59. The number of nitrogens with zero attached hydrogens (tertiary/aromatic N) is 2. The molecule has 2 N–H and O–H groups in total. The van der Waals surface area contributed by atoms with Gasteiger partial charge in [0.15, 0.2) is 0 Å². The molecule has 126 valence electrons. The number of likely N-dealkylation sites (tertiary alicyclic amines) is 1. The van der Waals surface area contributed by atoms with Crippen LogP contribution < -0.4 is 10.9 Å². The largest absolute Gasteiger partial charge is 0.349 e. The van der Waals surface area contributed by atoms with Crippen molar-refractivity contribution in [1.29, 1.82) is 0 Å². The van der Waals surface area contributed by atoms with Gasteiger partial charge in [-0.25, -0.2) is 5.10 Å². The smallest absolute Gasteiger partial charge is 0.271 e. The zero-order chi connectivity index (χ0) is 16.9. The molecular weight excluding hydrogens is 328 g/mol. The molecule has 0 saturated carbocycles. The van der Waals surface area contributed by atoms with Gasteiger partial charge in [-0.3, -0.25) is 14.5 Å². The molecule has 1 unspecified atom stereocenters. The summed E-state index contributed by atoms with van der Waals surface area (Å²) in [5.41, 5.74) is 0.945. The fourth-order valence-corrected chi connectivity index (χ4v) is 3.17. The summed E-state index contributed by atoms with van der Waals surface area (Å²) in [6, 6.07) is 10.5. The molecule has 1 aromatic heterocycles. The van der Waals surface area contributed by atoms with Crippen molar-refractivity contribution >= 4 is 17.5 Å². The number of hydrogen-bond donors (Lipinski definition) is 2. The SMILES string of the molecule is O=C(NCC(c1cccc(Cl)c1)N1CCCC1)c1ccc(=O)[nH]n1. The van der Waals surface area contributed by atoms with Crippen LogP contribution in [0.15, 0.2) is 41.2 Å². The van der Waals surface area contributed by atoms with Gasteiger partial charge in [0.05, 0.1) is 6.04 Å². The summed E-state index contributed by atoms with van der Waals surface area (Å²) in [5.74, 6) is -0.308. The first-order valence-corrected chi connectivity index (χ1v) is 8.35. The summed E-state index contributed by atoms with van der Waals surface area (Å²) in [6.07, 6.45) is 2.32. The fourth-order valence-electron chi connectivity index (χ4n) is 2.98. The third-order valence-electron chi connectivity index (χ3n) is 4.18. The molecule has 0 bridgehead atoms. The highest BCUT2D eigenvalue weighted by atomic mass is 35.5. The predicted molar refractivity (Wildman–Crippen MR) is 92.2 cm³/mol. The molecule has 6 nitrogen and oxygen atoms in total. The van der Waals surface area contributed by atoms with Crippen molar-refractivity contribution in [2.45, 2.75) is 18.9 Å². The van der Waals surface area contributed by atoms with E-state index < -0.39 is 0 Å². The van der Waals surface area contributed by atoms with Crippen LogP contribution in [-0.4, -0.2) is 40.6 Å². The molecule has 1 amide bonds. The van der Waals surface area contributed by atoms with Crippen LogP contribution in [0.2, 0.25) is 5.02 Å². The number of hydrogen-bond acceptors (Lipinski definition) is 4. The maximum absolute atomic E-state index is 12.2. The minimum Gasteiger partial charge on any atom is -0.349 e. The zero-order valence-corrected chi connectivity index (χ0v) is 13.9. The van der Waals surface area contributed by atoms with Crippen LogP contribution >= 0.6 is 11.6 Å². The van der Waals surface area contributed by atoms with Crippen molar-refractivity contribution in [3.8, 4) is 0 Å². The van der Waals surface area contributed by atoms with Crippen LogP contribution in [0, 0.1) is 0 Å². The minimum absolute atomic E-state index is 0.0675. The molecule has 7 heteroatoms. The number of carbonyl (C=O) groups is 1. The topological polar surface area (TPSA) is 78.1 Å². The summed E-state index contributed by atoms with van der Waals surface area (Å²) in [7, 11) is 0. The lowest BCUT2D eigenvalue weighted by atomic mass is 10.1. The van der Waals surface area contributed by atoms with Gasteiger partial charge < -0.3 is 5.32 Å². The minimum atomic E-state index is -0.333. The standard InChI is InChI=1S/C17H19ClN4O2/c18-13-5-3-4-12(10-13)15(22-8-1-2-9-22)11-19-17(24)14-6-7-16(23)21-20-14/h3-7,10,15H,1-2,8-9,11H2,(H,19,24)(H,21,23). The maximum Gasteiger partial charge on any atom is 0.271 e. The second-order valence-corrected chi connectivity index (χ2v) is 6.27. The monoisotopic (exact) mass is 346 g/mol. The summed E-state index contributed by atoms with van der Waals surface area (Å²) in [4.78, 5) is 25.6. The summed E-state index contributed by atoms with van der Waals surface area (Å²) < 4.78 is 0. The molecule has 2 aromatic rings. The first-order valence-electron chi connectivity index (χ1n) is 7.97. The van der Waals surface area contributed by atoms with Gasteiger partial charge in [-0.2, -0.15) is 5.10 Å². The van der Waals surface area contributed by atoms with Gasteiger partial charge in [-0.15, -0.1) is 0 Å². The van der Waals surface area contributed by atoms with Gasteiger partial charge >= 0.3 is 0 Å². The molecular formula is C17H19ClN4O2. The van der Waals surface area contributed by atoms with E-state index in [1.807, 2.05) is 24.3 Å². The summed E-state index contributed by atoms with van der Waals surface area (Å²) in [6.45, 7) is 2.47. The highest BCUT2D eigenvalue weighted by Crippen LogP contribution is 2.26. The number of amides is 1. The lowest BCUT2D eigenvalue weighted by Gasteiger charge is -2.28. The zero-order valence-electron chi connectivity index (χ0n) is 13.2. The first kappa shape index (κ1) is 16.7. The number of aromatic nitrogens is 2. The normalized spacial score (nSPS) is 16.0. The van der Waals surface area contributed by atoms with E-state index in [4.69, 9.17) is 11.6 Å². The number of carbonyl (C=O) groups excluding carboxylic acids is 1. The second-order valence-electron chi connectivity index (χ2n) is 5.83. The number of aromatic amines is 1. The molecule has 1 saturated heterocycles. The number of nitrogens with one attached hydrogen (secondary N) is 2. The van der Waals surface area contributed by atoms with Crippen molar-refractivity contribution < 1.29 is 4.79 Å². The van der Waals surface area contributed by atoms with E-state index >= 15 is 0 Å². The van der Waals surface area contributed by atoms with Crippen molar-refractivity contribution in [3.63, 3.8) is 0 Å². The Morgan fingerprint density at radius 1 is 1.29 bits per heavy atom. The highest BCUT2D eigenvalue weighted by Gasteiger charge is 2.24. The molecule has 0 spiro atoms. The first-order chi connectivity index (χ1) is 11.6. The highest BCUT2D eigenvalue weighted by molar-refractivity contribution is 6.30. The number of rotatable bonds is 5. The van der Waals surface area contributed by atoms with Crippen LogP contribution in [0.25, 0.3) is 0 Å². The van der Waals surface area contributed by atoms with Crippen LogP contribution in [0.5, 0.6) is 0 Å². The van der Waals surface area contributed by atoms with Gasteiger partial charge in [0, 0.05) is 17.6 Å². The molecule has 0 radical (unpaired) electrons. The Labute approximate surface area is 144 Å². The predicted octanol–water partition coefficient (Wildman–Crippen LogP) is 1.99. The third kappa shape index (κ3) is 4.01. The molecule has 3 rings (SSSR count). The van der Waals surface area contributed by atoms with E-state index in [0.717, 1.165) is 31.5 Å². The summed E-state index contributed by atoms with van der Waals surface area (Å²) >= 11 is 6.12. The Morgan fingerprint density at radius 2 is 2.08 bits per heavy atom. The van der Waals surface area contributed by atoms with E-state index in [1.54, 1.807) is 0 Å². The van der Waals surface area contributed by atoms with Gasteiger partial charge in [-0.1, -0.05) is 23.7 Å². The fraction of sp³-hybridized carbons (Fsp3) is 0.353. The molecule has 1 aromatic carbocycles. The Hall–Kier alpha value is -2.18. The van der Waals surface area contributed by atoms with Crippen LogP contribution in [0.4, 0.5) is 0 Å². The van der Waals surface area contributed by atoms with Crippen molar-refractivity contribution in [3.05, 3.63) is 63.0 Å². The average Bonchev–Trinajstić information content (AvgIpc) is 3.10. The molecule has 1 fully saturated rings. The van der Waals surface area contributed by atoms with E-state index in [0.29, 0.717) is 11.6 Å². The van der Waals surface area contributed by atoms with Gasteiger partial charge in [0.2, 0.25) is 0 Å². The maximum atomic E-state index is 12.2. The van der Waals surface area contributed by atoms with Gasteiger partial charge in [-0.05, 0) is 49.7 Å². The van der Waals surface area contributed by atoms with E-state index in [2.05, 4.69) is 20.4 Å². The van der Waals surface area contributed by atoms with E-state index in [-0.39, 0.29) is 23.2 Å². The molecule has 1 aliphatic heterocycles. The van der Waals surface area contributed by atoms with Gasteiger partial charge in [0.25, 0.3) is 11.5 Å². The molecule has 0 aliphatic carbocycles. The van der Waals surface area contributed by atoms with E-state index in [9.17, 15) is 9.59 Å². The molecule has 1 aliphatic rings.